The van der Waals surface area contributed by atoms with Crippen molar-refractivity contribution in [2.75, 3.05) is 33.4 Å². The van der Waals surface area contributed by atoms with E-state index < -0.39 is 0 Å². The summed E-state index contributed by atoms with van der Waals surface area (Å²) in [4.78, 5) is 13.7. The molecule has 0 saturated carbocycles. The number of hydrogen-bond donors (Lipinski definition) is 1. The fourth-order valence-electron chi connectivity index (χ4n) is 2.38. The number of ether oxygens (including phenoxy) is 2. The quantitative estimate of drug-likeness (QED) is 0.865. The van der Waals surface area contributed by atoms with E-state index in [1.54, 1.807) is 0 Å². The third kappa shape index (κ3) is 4.44. The van der Waals surface area contributed by atoms with Gasteiger partial charge in [0.2, 0.25) is 5.91 Å². The number of benzene rings is 1. The molecule has 1 heterocycles. The highest BCUT2D eigenvalue weighted by atomic mass is 16.5. The fourth-order valence-corrected chi connectivity index (χ4v) is 2.38. The van der Waals surface area contributed by atoms with Gasteiger partial charge in [0.15, 0.2) is 0 Å². The summed E-state index contributed by atoms with van der Waals surface area (Å²) in [7, 11) is 1.91. The number of likely N-dealkylation sites (N-methyl/N-ethyl adjacent to an activating group) is 1. The summed E-state index contributed by atoms with van der Waals surface area (Å²) in [5.41, 5.74) is 1.15. The minimum atomic E-state index is 0.0567. The number of rotatable bonds is 6. The molecule has 1 N–H and O–H groups in total. The Labute approximate surface area is 126 Å². The van der Waals surface area contributed by atoms with Crippen LogP contribution in [0.25, 0.3) is 0 Å². The lowest BCUT2D eigenvalue weighted by molar-refractivity contribution is -0.143. The maximum absolute atomic E-state index is 11.8. The van der Waals surface area contributed by atoms with Crippen LogP contribution in [0.3, 0.4) is 0 Å². The zero-order chi connectivity index (χ0) is 15.2. The van der Waals surface area contributed by atoms with Gasteiger partial charge in [0, 0.05) is 19.1 Å². The Morgan fingerprint density at radius 1 is 1.33 bits per heavy atom. The van der Waals surface area contributed by atoms with Crippen LogP contribution >= 0.6 is 0 Å². The highest BCUT2D eigenvalue weighted by Gasteiger charge is 2.22. The number of hydrogen-bond acceptors (Lipinski definition) is 4. The van der Waals surface area contributed by atoms with Crippen molar-refractivity contribution >= 4 is 5.91 Å². The van der Waals surface area contributed by atoms with Crippen LogP contribution in [0.4, 0.5) is 0 Å². The Kier molecular flexibility index (Phi) is 5.59. The van der Waals surface area contributed by atoms with Crippen LogP contribution in [-0.2, 0) is 9.53 Å². The molecule has 0 bridgehead atoms. The molecule has 1 amide bonds. The topological polar surface area (TPSA) is 50.8 Å². The summed E-state index contributed by atoms with van der Waals surface area (Å²) >= 11 is 0. The highest BCUT2D eigenvalue weighted by Crippen LogP contribution is 2.20. The van der Waals surface area contributed by atoms with Crippen molar-refractivity contribution in [3.63, 3.8) is 0 Å². The first-order chi connectivity index (χ1) is 10.1. The molecule has 1 aliphatic heterocycles. The van der Waals surface area contributed by atoms with Gasteiger partial charge >= 0.3 is 0 Å². The molecule has 0 aromatic heterocycles. The molecule has 0 radical (unpaired) electrons. The maximum Gasteiger partial charge on any atom is 0.248 e. The van der Waals surface area contributed by atoms with Crippen molar-refractivity contribution < 1.29 is 14.3 Å². The predicted octanol–water partition coefficient (Wildman–Crippen LogP) is 1.59. The summed E-state index contributed by atoms with van der Waals surface area (Å²) in [5, 5.41) is 3.27. The molecule has 0 aliphatic carbocycles. The molecule has 21 heavy (non-hydrogen) atoms. The van der Waals surface area contributed by atoms with Crippen LogP contribution < -0.4 is 10.1 Å². The molecule has 0 spiro atoms. The van der Waals surface area contributed by atoms with Gasteiger partial charge in [-0.2, -0.15) is 0 Å². The molecule has 1 fully saturated rings. The van der Waals surface area contributed by atoms with Gasteiger partial charge in [0.25, 0.3) is 0 Å². The largest absolute Gasteiger partial charge is 0.491 e. The smallest absolute Gasteiger partial charge is 0.248 e. The molecule has 1 unspecified atom stereocenters. The van der Waals surface area contributed by atoms with Crippen LogP contribution in [0.5, 0.6) is 5.75 Å². The van der Waals surface area contributed by atoms with Gasteiger partial charge in [0.05, 0.1) is 12.7 Å². The van der Waals surface area contributed by atoms with Gasteiger partial charge in [-0.1, -0.05) is 12.1 Å². The van der Waals surface area contributed by atoms with E-state index >= 15 is 0 Å². The van der Waals surface area contributed by atoms with Crippen molar-refractivity contribution in [2.45, 2.75) is 26.0 Å². The van der Waals surface area contributed by atoms with E-state index in [4.69, 9.17) is 9.47 Å². The van der Waals surface area contributed by atoms with Crippen molar-refractivity contribution in [1.29, 1.82) is 0 Å². The van der Waals surface area contributed by atoms with E-state index in [1.807, 2.05) is 50.1 Å². The molecule has 5 heteroatoms. The number of amides is 1. The molecule has 1 aromatic rings. The summed E-state index contributed by atoms with van der Waals surface area (Å²) in [6, 6.07) is 8.15. The Morgan fingerprint density at radius 2 is 2.05 bits per heavy atom. The molecule has 1 atom stereocenters. The lowest BCUT2D eigenvalue weighted by atomic mass is 10.1. The molecule has 1 aromatic carbocycles. The van der Waals surface area contributed by atoms with E-state index in [9.17, 15) is 4.79 Å². The molecule has 1 aliphatic rings. The van der Waals surface area contributed by atoms with Crippen LogP contribution in [-0.4, -0.2) is 50.3 Å². The second-order valence-electron chi connectivity index (χ2n) is 5.47. The summed E-state index contributed by atoms with van der Waals surface area (Å²) < 4.78 is 10.8. The minimum Gasteiger partial charge on any atom is -0.491 e. The normalized spacial score (nSPS) is 17.1. The molecule has 2 rings (SSSR count). The average molecular weight is 292 g/mol. The van der Waals surface area contributed by atoms with Crippen LogP contribution in [0.2, 0.25) is 0 Å². The van der Waals surface area contributed by atoms with Gasteiger partial charge in [-0.3, -0.25) is 4.79 Å². The Hall–Kier alpha value is -1.59. The standard InChI is InChI=1S/C16H24N2O3/c1-12(2)21-14-6-4-13(5-7-14)15(17-3)10-18-8-9-20-11-16(18)19/h4-7,12,15,17H,8-11H2,1-3H3. The predicted molar refractivity (Wildman–Crippen MR) is 81.4 cm³/mol. The highest BCUT2D eigenvalue weighted by molar-refractivity contribution is 5.78. The maximum atomic E-state index is 11.8. The number of carbonyl (C=O) groups is 1. The van der Waals surface area contributed by atoms with Crippen LogP contribution in [0.15, 0.2) is 24.3 Å². The Morgan fingerprint density at radius 3 is 2.62 bits per heavy atom. The number of carbonyl (C=O) groups excluding carboxylic acids is 1. The van der Waals surface area contributed by atoms with E-state index in [0.717, 1.165) is 11.3 Å². The lowest BCUT2D eigenvalue weighted by Gasteiger charge is -2.30. The molecular formula is C16H24N2O3. The van der Waals surface area contributed by atoms with Crippen molar-refractivity contribution in [2.24, 2.45) is 0 Å². The first kappa shape index (κ1) is 15.8. The van der Waals surface area contributed by atoms with E-state index in [1.165, 1.54) is 0 Å². The SMILES string of the molecule is CNC(CN1CCOCC1=O)c1ccc(OC(C)C)cc1. The molecule has 5 nitrogen and oxygen atoms in total. The Bertz CT molecular complexity index is 459. The fraction of sp³-hybridized carbons (Fsp3) is 0.562. The van der Waals surface area contributed by atoms with E-state index in [2.05, 4.69) is 5.32 Å². The van der Waals surface area contributed by atoms with Crippen LogP contribution in [0.1, 0.15) is 25.5 Å². The number of morpholine rings is 1. The van der Waals surface area contributed by atoms with E-state index in [0.29, 0.717) is 19.7 Å². The van der Waals surface area contributed by atoms with Gasteiger partial charge in [-0.25, -0.2) is 0 Å². The number of nitrogens with zero attached hydrogens (tertiary/aromatic N) is 1. The molecule has 116 valence electrons. The van der Waals surface area contributed by atoms with E-state index in [-0.39, 0.29) is 24.7 Å². The average Bonchev–Trinajstić information content (AvgIpc) is 2.47. The number of nitrogens with one attached hydrogen (secondary N) is 1. The van der Waals surface area contributed by atoms with Crippen molar-refractivity contribution in [1.82, 2.24) is 10.2 Å². The zero-order valence-corrected chi connectivity index (χ0v) is 13.0. The van der Waals surface area contributed by atoms with Gasteiger partial charge < -0.3 is 19.7 Å². The Balaban J connectivity index is 2.01. The minimum absolute atomic E-state index is 0.0567. The summed E-state index contributed by atoms with van der Waals surface area (Å²) in [5.74, 6) is 0.923. The van der Waals surface area contributed by atoms with Gasteiger partial charge in [0.1, 0.15) is 12.4 Å². The zero-order valence-electron chi connectivity index (χ0n) is 13.0. The third-order valence-corrected chi connectivity index (χ3v) is 3.49. The van der Waals surface area contributed by atoms with Crippen molar-refractivity contribution in [3.8, 4) is 5.75 Å². The monoisotopic (exact) mass is 292 g/mol. The van der Waals surface area contributed by atoms with Gasteiger partial charge in [-0.05, 0) is 38.6 Å². The first-order valence-corrected chi connectivity index (χ1v) is 7.39. The summed E-state index contributed by atoms with van der Waals surface area (Å²) in [6.45, 7) is 6.14. The first-order valence-electron chi connectivity index (χ1n) is 7.39. The second kappa shape index (κ2) is 7.43. The van der Waals surface area contributed by atoms with Crippen LogP contribution in [0, 0.1) is 0 Å². The third-order valence-electron chi connectivity index (χ3n) is 3.49. The molecule has 1 saturated heterocycles. The summed E-state index contributed by atoms with van der Waals surface area (Å²) in [6.07, 6.45) is 0.168. The second-order valence-corrected chi connectivity index (χ2v) is 5.47. The lowest BCUT2D eigenvalue weighted by Crippen LogP contribution is -2.45. The molecular weight excluding hydrogens is 268 g/mol. The van der Waals surface area contributed by atoms with Crippen molar-refractivity contribution in [3.05, 3.63) is 29.8 Å². The van der Waals surface area contributed by atoms with Gasteiger partial charge in [-0.15, -0.1) is 0 Å².